The Kier molecular flexibility index (Phi) is 4.19. The van der Waals surface area contributed by atoms with Crippen LogP contribution in [0, 0.1) is 0 Å². The van der Waals surface area contributed by atoms with Gasteiger partial charge in [-0.05, 0) is 6.92 Å². The molecule has 0 aliphatic rings. The second-order valence-electron chi connectivity index (χ2n) is 1.82. The summed E-state index contributed by atoms with van der Waals surface area (Å²) in [5.41, 5.74) is 0. The first-order valence-electron chi connectivity index (χ1n) is 2.96. The van der Waals surface area contributed by atoms with Crippen LogP contribution in [0.25, 0.3) is 0 Å². The van der Waals surface area contributed by atoms with Crippen molar-refractivity contribution in [2.45, 2.75) is 6.92 Å². The number of hydrogen-bond acceptors (Lipinski definition) is 1. The van der Waals surface area contributed by atoms with Gasteiger partial charge in [0.05, 0.1) is 6.61 Å². The van der Waals surface area contributed by atoms with Crippen molar-refractivity contribution in [3.63, 3.8) is 0 Å². The third-order valence-electron chi connectivity index (χ3n) is 0.757. The summed E-state index contributed by atoms with van der Waals surface area (Å²) in [7, 11) is 0. The van der Waals surface area contributed by atoms with Gasteiger partial charge in [0.25, 0.3) is 0 Å². The Bertz CT molecular complexity index is 110. The molecule has 0 aliphatic carbocycles. The zero-order valence-corrected chi connectivity index (χ0v) is 5.69. The average molecular weight is 153 g/mol. The van der Waals surface area contributed by atoms with E-state index < -0.39 is 13.5 Å². The SMILES string of the molecule is CC=CCOC[B-](F)(F)F. The lowest BCUT2D eigenvalue weighted by Crippen LogP contribution is -2.23. The highest BCUT2D eigenvalue weighted by Gasteiger charge is 2.22. The van der Waals surface area contributed by atoms with Gasteiger partial charge in [0.2, 0.25) is 0 Å². The standard InChI is InChI=1S/C5H9BF3O/c1-2-3-4-10-5-6(7,8)9/h2-3H,4-5H2,1H3/q-1. The van der Waals surface area contributed by atoms with E-state index in [2.05, 4.69) is 4.74 Å². The summed E-state index contributed by atoms with van der Waals surface area (Å²) in [5.74, 6) is 0. The number of hydrogen-bond donors (Lipinski definition) is 0. The van der Waals surface area contributed by atoms with Gasteiger partial charge in [-0.1, -0.05) is 12.2 Å². The minimum Gasteiger partial charge on any atom is -0.447 e. The van der Waals surface area contributed by atoms with Gasteiger partial charge in [-0.25, -0.2) is 0 Å². The van der Waals surface area contributed by atoms with E-state index in [-0.39, 0.29) is 6.61 Å². The van der Waals surface area contributed by atoms with Crippen LogP contribution in [0.5, 0.6) is 0 Å². The molecule has 0 heterocycles. The molecule has 0 rings (SSSR count). The quantitative estimate of drug-likeness (QED) is 0.340. The summed E-state index contributed by atoms with van der Waals surface area (Å²) >= 11 is 0. The molecule has 0 aliphatic heterocycles. The Balaban J connectivity index is 3.20. The fourth-order valence-electron chi connectivity index (χ4n) is 0.366. The predicted octanol–water partition coefficient (Wildman–Crippen LogP) is 1.97. The maximum Gasteiger partial charge on any atom is 0.503 e. The molecule has 0 saturated carbocycles. The topological polar surface area (TPSA) is 9.23 Å². The third kappa shape index (κ3) is 7.55. The molecule has 0 radical (unpaired) electrons. The minimum absolute atomic E-state index is 0.0394. The Morgan fingerprint density at radius 1 is 1.40 bits per heavy atom. The first kappa shape index (κ1) is 9.55. The fraction of sp³-hybridized carbons (Fsp3) is 0.600. The zero-order valence-electron chi connectivity index (χ0n) is 5.69. The summed E-state index contributed by atoms with van der Waals surface area (Å²) in [5, 5.41) is 0. The zero-order chi connectivity index (χ0) is 8.04. The second kappa shape index (κ2) is 4.38. The molecule has 5 heteroatoms. The molecule has 0 saturated heterocycles. The van der Waals surface area contributed by atoms with Crippen LogP contribution in [0.1, 0.15) is 6.92 Å². The lowest BCUT2D eigenvalue weighted by molar-refractivity contribution is 0.178. The largest absolute Gasteiger partial charge is 0.503 e. The van der Waals surface area contributed by atoms with Gasteiger partial charge in [-0.15, -0.1) is 0 Å². The molecule has 60 valence electrons. The molecule has 0 aromatic rings. The molecule has 0 bridgehead atoms. The molecular formula is C5H9BF3O-. The molecule has 0 unspecified atom stereocenters. The number of halogens is 3. The van der Waals surface area contributed by atoms with Crippen LogP contribution in [-0.4, -0.2) is 20.1 Å². The maximum absolute atomic E-state index is 11.4. The van der Waals surface area contributed by atoms with Gasteiger partial charge in [-0.3, -0.25) is 0 Å². The molecule has 10 heavy (non-hydrogen) atoms. The lowest BCUT2D eigenvalue weighted by atomic mass is 9.95. The van der Waals surface area contributed by atoms with Crippen LogP contribution in [0.15, 0.2) is 12.2 Å². The molecule has 0 N–H and O–H groups in total. The van der Waals surface area contributed by atoms with Gasteiger partial charge in [0, 0.05) is 6.51 Å². The van der Waals surface area contributed by atoms with E-state index in [0.717, 1.165) is 0 Å². The van der Waals surface area contributed by atoms with Gasteiger partial charge < -0.3 is 17.7 Å². The van der Waals surface area contributed by atoms with Gasteiger partial charge in [-0.2, -0.15) is 0 Å². The lowest BCUT2D eigenvalue weighted by Gasteiger charge is -2.12. The van der Waals surface area contributed by atoms with Crippen molar-refractivity contribution in [1.82, 2.24) is 0 Å². The van der Waals surface area contributed by atoms with Crippen LogP contribution in [-0.2, 0) is 4.74 Å². The summed E-state index contributed by atoms with van der Waals surface area (Å²) in [6.07, 6.45) is 3.17. The summed E-state index contributed by atoms with van der Waals surface area (Å²) in [4.78, 5) is 0. The summed E-state index contributed by atoms with van der Waals surface area (Å²) < 4.78 is 38.4. The minimum atomic E-state index is -4.77. The van der Waals surface area contributed by atoms with E-state index in [1.807, 2.05) is 0 Å². The predicted molar refractivity (Wildman–Crippen MR) is 34.7 cm³/mol. The van der Waals surface area contributed by atoms with E-state index in [4.69, 9.17) is 0 Å². The Hall–Kier alpha value is -0.445. The highest BCUT2D eigenvalue weighted by Crippen LogP contribution is 2.07. The first-order chi connectivity index (χ1) is 4.56. The van der Waals surface area contributed by atoms with E-state index >= 15 is 0 Å². The summed E-state index contributed by atoms with van der Waals surface area (Å²) in [6, 6.07) is 0. The van der Waals surface area contributed by atoms with Gasteiger partial charge in [0.1, 0.15) is 0 Å². The van der Waals surface area contributed by atoms with Crippen LogP contribution >= 0.6 is 0 Å². The van der Waals surface area contributed by atoms with E-state index in [1.54, 1.807) is 13.0 Å². The molecule has 0 fully saturated rings. The highest BCUT2D eigenvalue weighted by molar-refractivity contribution is 6.58. The smallest absolute Gasteiger partial charge is 0.447 e. The van der Waals surface area contributed by atoms with Crippen LogP contribution < -0.4 is 0 Å². The Labute approximate surface area is 57.9 Å². The summed E-state index contributed by atoms with van der Waals surface area (Å²) in [6.45, 7) is -4.12. The van der Waals surface area contributed by atoms with Crippen molar-refractivity contribution in [1.29, 1.82) is 0 Å². The molecule has 0 spiro atoms. The second-order valence-corrected chi connectivity index (χ2v) is 1.82. The third-order valence-corrected chi connectivity index (χ3v) is 0.757. The molecule has 0 aromatic carbocycles. The van der Waals surface area contributed by atoms with Crippen molar-refractivity contribution in [2.75, 3.05) is 13.1 Å². The van der Waals surface area contributed by atoms with Crippen molar-refractivity contribution < 1.29 is 17.7 Å². The average Bonchev–Trinajstić information content (AvgIpc) is 1.78. The molecular weight excluding hydrogens is 144 g/mol. The first-order valence-corrected chi connectivity index (χ1v) is 2.96. The molecule has 0 atom stereocenters. The van der Waals surface area contributed by atoms with E-state index in [0.29, 0.717) is 0 Å². The number of ether oxygens (including phenoxy) is 1. The normalized spacial score (nSPS) is 12.8. The monoisotopic (exact) mass is 153 g/mol. The molecule has 0 amide bonds. The van der Waals surface area contributed by atoms with Gasteiger partial charge >= 0.3 is 6.98 Å². The van der Waals surface area contributed by atoms with Gasteiger partial charge in [0.15, 0.2) is 0 Å². The molecule has 1 nitrogen and oxygen atoms in total. The highest BCUT2D eigenvalue weighted by atomic mass is 19.4. The van der Waals surface area contributed by atoms with Crippen molar-refractivity contribution >= 4 is 6.98 Å². The van der Waals surface area contributed by atoms with E-state index in [9.17, 15) is 12.9 Å². The molecule has 0 aromatic heterocycles. The Morgan fingerprint density at radius 3 is 2.40 bits per heavy atom. The van der Waals surface area contributed by atoms with Crippen molar-refractivity contribution in [3.05, 3.63) is 12.2 Å². The number of rotatable bonds is 4. The van der Waals surface area contributed by atoms with Crippen LogP contribution in [0.3, 0.4) is 0 Å². The maximum atomic E-state index is 11.4. The fourth-order valence-corrected chi connectivity index (χ4v) is 0.366. The Morgan fingerprint density at radius 2 is 2.00 bits per heavy atom. The van der Waals surface area contributed by atoms with Crippen molar-refractivity contribution in [3.8, 4) is 0 Å². The van der Waals surface area contributed by atoms with Crippen LogP contribution in [0.4, 0.5) is 12.9 Å². The number of allylic oxidation sites excluding steroid dienone is 1. The van der Waals surface area contributed by atoms with Crippen LogP contribution in [0.2, 0.25) is 0 Å². The van der Waals surface area contributed by atoms with Crippen molar-refractivity contribution in [2.24, 2.45) is 0 Å². The van der Waals surface area contributed by atoms with E-state index in [1.165, 1.54) is 6.08 Å².